The van der Waals surface area contributed by atoms with Crippen LogP contribution < -0.4 is 16.2 Å². The second kappa shape index (κ2) is 8.93. The van der Waals surface area contributed by atoms with Crippen LogP contribution in [-0.4, -0.2) is 38.6 Å². The van der Waals surface area contributed by atoms with Crippen LogP contribution in [0.15, 0.2) is 63.2 Å². The maximum atomic E-state index is 13.8. The van der Waals surface area contributed by atoms with E-state index in [1.54, 1.807) is 20.8 Å². The van der Waals surface area contributed by atoms with Gasteiger partial charge in [0, 0.05) is 29.9 Å². The number of thioether (sulfide) groups is 1. The van der Waals surface area contributed by atoms with Gasteiger partial charge >= 0.3 is 0 Å². The van der Waals surface area contributed by atoms with Crippen molar-refractivity contribution in [3.63, 3.8) is 0 Å². The summed E-state index contributed by atoms with van der Waals surface area (Å²) >= 11 is 4.48. The second-order valence-corrected chi connectivity index (χ2v) is 10.0. The first-order valence-corrected chi connectivity index (χ1v) is 12.7. The van der Waals surface area contributed by atoms with E-state index in [2.05, 4.69) is 15.0 Å². The minimum atomic E-state index is -0.0949. The largest absolute Gasteiger partial charge is 0.368 e. The van der Waals surface area contributed by atoms with E-state index in [-0.39, 0.29) is 11.5 Å². The van der Waals surface area contributed by atoms with Crippen molar-refractivity contribution in [3.05, 3.63) is 69.4 Å². The van der Waals surface area contributed by atoms with Crippen molar-refractivity contribution >= 4 is 56.5 Å². The molecule has 33 heavy (non-hydrogen) atoms. The Kier molecular flexibility index (Phi) is 5.83. The molecule has 0 amide bonds. The first-order chi connectivity index (χ1) is 16.0. The maximum Gasteiger partial charge on any atom is 0.268 e. The van der Waals surface area contributed by atoms with E-state index in [1.807, 2.05) is 67.3 Å². The van der Waals surface area contributed by atoms with Gasteiger partial charge in [0.1, 0.15) is 10.7 Å². The zero-order chi connectivity index (χ0) is 22.9. The third-order valence-corrected chi connectivity index (χ3v) is 7.51. The fourth-order valence-corrected chi connectivity index (χ4v) is 5.98. The van der Waals surface area contributed by atoms with E-state index in [9.17, 15) is 4.79 Å². The first-order valence-electron chi connectivity index (χ1n) is 9.95. The van der Waals surface area contributed by atoms with Crippen LogP contribution in [-0.2, 0) is 5.75 Å². The van der Waals surface area contributed by atoms with Gasteiger partial charge in [0.05, 0.1) is 16.8 Å². The fourth-order valence-electron chi connectivity index (χ4n) is 3.31. The van der Waals surface area contributed by atoms with Crippen molar-refractivity contribution in [2.24, 2.45) is 0 Å². The highest BCUT2D eigenvalue weighted by Crippen LogP contribution is 2.35. The monoisotopic (exact) mass is 493 g/mol. The molecule has 166 valence electrons. The van der Waals surface area contributed by atoms with Gasteiger partial charge in [-0.3, -0.25) is 9.36 Å². The highest BCUT2D eigenvalue weighted by molar-refractivity contribution is 7.98. The molecule has 1 aromatic carbocycles. The van der Waals surface area contributed by atoms with Gasteiger partial charge in [-0.25, -0.2) is 4.98 Å². The second-order valence-electron chi connectivity index (χ2n) is 7.27. The van der Waals surface area contributed by atoms with Crippen molar-refractivity contribution in [1.82, 2.24) is 24.5 Å². The Balaban J connectivity index is 1.62. The molecule has 0 radical (unpaired) electrons. The molecule has 0 aliphatic rings. The lowest BCUT2D eigenvalue weighted by atomic mass is 10.2. The van der Waals surface area contributed by atoms with Crippen LogP contribution in [0.4, 0.5) is 11.9 Å². The smallest absolute Gasteiger partial charge is 0.268 e. The van der Waals surface area contributed by atoms with Crippen LogP contribution in [0.3, 0.4) is 0 Å². The summed E-state index contributed by atoms with van der Waals surface area (Å²) in [5.74, 6) is 1.56. The molecule has 5 aromatic rings. The van der Waals surface area contributed by atoms with Crippen molar-refractivity contribution in [3.8, 4) is 16.1 Å². The number of nitrogens with zero attached hydrogens (tertiary/aromatic N) is 6. The molecule has 0 aliphatic heterocycles. The van der Waals surface area contributed by atoms with Crippen LogP contribution in [0, 0.1) is 0 Å². The Bertz CT molecular complexity index is 1480. The number of hydrogen-bond acceptors (Lipinski definition) is 10. The van der Waals surface area contributed by atoms with Crippen molar-refractivity contribution < 1.29 is 0 Å². The molecular weight excluding hydrogens is 474 g/mol. The quantitative estimate of drug-likeness (QED) is 0.276. The number of thiophene rings is 2. The Hall–Kier alpha value is -3.28. The third-order valence-electron chi connectivity index (χ3n) is 4.80. The number of para-hydroxylation sites is 1. The molecule has 0 saturated carbocycles. The number of aromatic nitrogens is 5. The molecule has 0 spiro atoms. The van der Waals surface area contributed by atoms with Crippen molar-refractivity contribution in [2.45, 2.75) is 10.9 Å². The third kappa shape index (κ3) is 4.22. The summed E-state index contributed by atoms with van der Waals surface area (Å²) in [6.45, 7) is 0. The Labute approximate surface area is 201 Å². The normalized spacial score (nSPS) is 11.2. The Morgan fingerprint density at radius 3 is 2.58 bits per heavy atom. The first kappa shape index (κ1) is 21.6. The lowest BCUT2D eigenvalue weighted by molar-refractivity contribution is 0.820. The molecule has 0 bridgehead atoms. The summed E-state index contributed by atoms with van der Waals surface area (Å²) < 4.78 is 1.66. The topological polar surface area (TPSA) is 103 Å². The molecule has 0 unspecified atom stereocenters. The average Bonchev–Trinajstić information content (AvgIpc) is 3.48. The Morgan fingerprint density at radius 2 is 1.85 bits per heavy atom. The molecule has 0 saturated heterocycles. The van der Waals surface area contributed by atoms with Gasteiger partial charge < -0.3 is 10.6 Å². The van der Waals surface area contributed by atoms with Crippen molar-refractivity contribution in [1.29, 1.82) is 0 Å². The number of anilines is 2. The van der Waals surface area contributed by atoms with E-state index in [0.29, 0.717) is 32.9 Å². The van der Waals surface area contributed by atoms with E-state index in [1.165, 1.54) is 23.1 Å². The van der Waals surface area contributed by atoms with E-state index >= 15 is 0 Å². The molecular formula is C22H19N7OS3. The number of nitrogen functional groups attached to an aromatic ring is 1. The van der Waals surface area contributed by atoms with Gasteiger partial charge in [-0.05, 0) is 23.6 Å². The van der Waals surface area contributed by atoms with Crippen LogP contribution in [0.5, 0.6) is 0 Å². The summed E-state index contributed by atoms with van der Waals surface area (Å²) in [7, 11) is 3.69. The van der Waals surface area contributed by atoms with Crippen LogP contribution in [0.1, 0.15) is 5.82 Å². The minimum Gasteiger partial charge on any atom is -0.368 e. The van der Waals surface area contributed by atoms with E-state index in [0.717, 1.165) is 16.1 Å². The Morgan fingerprint density at radius 1 is 1.03 bits per heavy atom. The molecule has 8 nitrogen and oxygen atoms in total. The lowest BCUT2D eigenvalue weighted by Crippen LogP contribution is -2.21. The molecule has 2 N–H and O–H groups in total. The molecule has 0 aliphatic carbocycles. The standard InChI is InChI=1S/C22H19N7OS3/c1-28(2)21-25-16(24-20(23)27-21)12-33-22-26-18-17(14(11-32-18)15-9-6-10-31-15)19(30)29(22)13-7-4-3-5-8-13/h3-11H,12H2,1-2H3,(H2,23,24,25,27). The number of nitrogens with two attached hydrogens (primary N) is 1. The van der Waals surface area contributed by atoms with Gasteiger partial charge in [-0.15, -0.1) is 22.7 Å². The molecule has 4 aromatic heterocycles. The summed E-state index contributed by atoms with van der Waals surface area (Å²) in [5, 5.41) is 5.22. The molecule has 4 heterocycles. The summed E-state index contributed by atoms with van der Waals surface area (Å²) in [6.07, 6.45) is 0. The highest BCUT2D eigenvalue weighted by atomic mass is 32.2. The van der Waals surface area contributed by atoms with Crippen LogP contribution >= 0.6 is 34.4 Å². The molecule has 11 heteroatoms. The minimum absolute atomic E-state index is 0.0949. The molecule has 0 atom stereocenters. The fraction of sp³-hybridized carbons (Fsp3) is 0.136. The number of benzene rings is 1. The van der Waals surface area contributed by atoms with Gasteiger partial charge in [-0.1, -0.05) is 36.0 Å². The summed E-state index contributed by atoms with van der Waals surface area (Å²) in [5.41, 5.74) is 7.45. The maximum absolute atomic E-state index is 13.8. The van der Waals surface area contributed by atoms with Crippen LogP contribution in [0.25, 0.3) is 26.3 Å². The predicted octanol–water partition coefficient (Wildman–Crippen LogP) is 4.30. The number of fused-ring (bicyclic) bond motifs is 1. The highest BCUT2D eigenvalue weighted by Gasteiger charge is 2.19. The summed E-state index contributed by atoms with van der Waals surface area (Å²) in [6, 6.07) is 13.6. The van der Waals surface area contributed by atoms with Crippen LogP contribution in [0.2, 0.25) is 0 Å². The van der Waals surface area contributed by atoms with Crippen molar-refractivity contribution in [2.75, 3.05) is 24.7 Å². The lowest BCUT2D eigenvalue weighted by Gasteiger charge is -2.13. The van der Waals surface area contributed by atoms with Gasteiger partial charge in [-0.2, -0.15) is 15.0 Å². The zero-order valence-electron chi connectivity index (χ0n) is 17.8. The molecule has 0 fully saturated rings. The zero-order valence-corrected chi connectivity index (χ0v) is 20.2. The van der Waals surface area contributed by atoms with Gasteiger partial charge in [0.15, 0.2) is 5.16 Å². The van der Waals surface area contributed by atoms with E-state index < -0.39 is 0 Å². The number of rotatable bonds is 6. The molecule has 5 rings (SSSR count). The van der Waals surface area contributed by atoms with Gasteiger partial charge in [0.25, 0.3) is 5.56 Å². The summed E-state index contributed by atoms with van der Waals surface area (Å²) in [4.78, 5) is 35.1. The number of hydrogen-bond donors (Lipinski definition) is 1. The SMILES string of the molecule is CN(C)c1nc(N)nc(CSc2nc3scc(-c4cccs4)c3c(=O)n2-c2ccccc2)n1. The average molecular weight is 494 g/mol. The van der Waals surface area contributed by atoms with Gasteiger partial charge in [0.2, 0.25) is 11.9 Å². The van der Waals surface area contributed by atoms with E-state index in [4.69, 9.17) is 10.7 Å². The predicted molar refractivity (Wildman–Crippen MR) is 137 cm³/mol.